The number of nitrogens with zero attached hydrogens (tertiary/aromatic N) is 3. The molecule has 0 bridgehead atoms. The van der Waals surface area contributed by atoms with Gasteiger partial charge in [-0.15, -0.1) is 0 Å². The van der Waals surface area contributed by atoms with Crippen LogP contribution in [0.1, 0.15) is 55.5 Å². The van der Waals surface area contributed by atoms with E-state index in [0.717, 1.165) is 55.5 Å². The van der Waals surface area contributed by atoms with Crippen LogP contribution < -0.4 is 15.6 Å². The number of para-hydroxylation sites is 1. The summed E-state index contributed by atoms with van der Waals surface area (Å²) in [6.45, 7) is 1.70. The highest BCUT2D eigenvalue weighted by molar-refractivity contribution is 5.93. The van der Waals surface area contributed by atoms with E-state index in [1.54, 1.807) is 19.1 Å². The van der Waals surface area contributed by atoms with Crippen molar-refractivity contribution in [2.75, 3.05) is 5.32 Å². The average molecular weight is 419 g/mol. The zero-order valence-electron chi connectivity index (χ0n) is 17.4. The van der Waals surface area contributed by atoms with Gasteiger partial charge in [-0.05, 0) is 57.6 Å². The number of aromatic amines is 1. The summed E-state index contributed by atoms with van der Waals surface area (Å²) in [4.78, 5) is 33.0. The molecule has 2 aromatic heterocycles. The van der Waals surface area contributed by atoms with E-state index in [9.17, 15) is 9.59 Å². The molecule has 0 saturated heterocycles. The van der Waals surface area contributed by atoms with Crippen LogP contribution in [-0.4, -0.2) is 31.8 Å². The number of hydrogen-bond donors (Lipinski definition) is 2. The number of benzene rings is 1. The Morgan fingerprint density at radius 2 is 2.00 bits per heavy atom. The molecule has 1 atom stereocenters. The van der Waals surface area contributed by atoms with Gasteiger partial charge in [-0.25, -0.2) is 4.98 Å². The van der Waals surface area contributed by atoms with Gasteiger partial charge in [0.25, 0.3) is 11.5 Å². The Labute approximate surface area is 179 Å². The van der Waals surface area contributed by atoms with Crippen molar-refractivity contribution in [2.45, 2.75) is 57.5 Å². The van der Waals surface area contributed by atoms with Crippen LogP contribution in [0.5, 0.6) is 5.75 Å². The predicted molar refractivity (Wildman–Crippen MR) is 116 cm³/mol. The molecule has 0 unspecified atom stereocenters. The van der Waals surface area contributed by atoms with Crippen LogP contribution in [0.3, 0.4) is 0 Å². The molecule has 2 N–H and O–H groups in total. The van der Waals surface area contributed by atoms with E-state index in [1.807, 2.05) is 24.3 Å². The summed E-state index contributed by atoms with van der Waals surface area (Å²) in [6.07, 6.45) is 5.01. The third kappa shape index (κ3) is 4.10. The number of amides is 1. The summed E-state index contributed by atoms with van der Waals surface area (Å²) >= 11 is 0. The standard InChI is InChI=1S/C23H25N5O3/c1-14(31-16-7-3-2-4-8-16)21(29)25-20-13-19(15-11-12-15)27-28(20)23-24-18-10-6-5-9-17(18)22(30)26-23/h2-4,7-8,13-15H,5-6,9-12H2,1H3,(H,25,29)(H,24,26,30)/t14-/m0/s1. The van der Waals surface area contributed by atoms with E-state index in [0.29, 0.717) is 23.4 Å². The fraction of sp³-hybridized carbons (Fsp3) is 0.391. The number of hydrogen-bond acceptors (Lipinski definition) is 5. The third-order valence-electron chi connectivity index (χ3n) is 5.78. The van der Waals surface area contributed by atoms with Crippen molar-refractivity contribution in [3.05, 3.63) is 63.7 Å². The quantitative estimate of drug-likeness (QED) is 0.639. The van der Waals surface area contributed by atoms with Crippen molar-refractivity contribution in [3.8, 4) is 11.7 Å². The molecule has 1 saturated carbocycles. The minimum Gasteiger partial charge on any atom is -0.481 e. The number of anilines is 1. The molecule has 1 amide bonds. The summed E-state index contributed by atoms with van der Waals surface area (Å²) < 4.78 is 7.28. The second-order valence-electron chi connectivity index (χ2n) is 8.22. The molecule has 31 heavy (non-hydrogen) atoms. The van der Waals surface area contributed by atoms with Gasteiger partial charge in [0.2, 0.25) is 5.95 Å². The number of carbonyl (C=O) groups excluding carboxylic acids is 1. The maximum absolute atomic E-state index is 12.8. The SMILES string of the molecule is C[C@H](Oc1ccccc1)C(=O)Nc1cc(C2CC2)nn1-c1nc2c(c(=O)[nH]1)CCCC2. The van der Waals surface area contributed by atoms with Crippen LogP contribution in [0.2, 0.25) is 0 Å². The Morgan fingerprint density at radius 1 is 1.23 bits per heavy atom. The molecule has 2 aliphatic carbocycles. The lowest BCUT2D eigenvalue weighted by molar-refractivity contribution is -0.122. The molecule has 5 rings (SSSR count). The van der Waals surface area contributed by atoms with Gasteiger partial charge in [0.1, 0.15) is 11.6 Å². The molecule has 1 aromatic carbocycles. The second-order valence-corrected chi connectivity index (χ2v) is 8.22. The number of rotatable bonds is 6. The van der Waals surface area contributed by atoms with E-state index >= 15 is 0 Å². The summed E-state index contributed by atoms with van der Waals surface area (Å²) in [5.41, 5.74) is 2.36. The van der Waals surface area contributed by atoms with Crippen molar-refractivity contribution in [1.29, 1.82) is 0 Å². The first kappa shape index (κ1) is 19.5. The maximum atomic E-state index is 12.8. The molecule has 3 aromatic rings. The first-order valence-electron chi connectivity index (χ1n) is 10.8. The van der Waals surface area contributed by atoms with Crippen molar-refractivity contribution in [1.82, 2.24) is 19.7 Å². The Bertz CT molecular complexity index is 1160. The first-order valence-corrected chi connectivity index (χ1v) is 10.8. The van der Waals surface area contributed by atoms with E-state index in [1.165, 1.54) is 4.68 Å². The molecule has 160 valence electrons. The lowest BCUT2D eigenvalue weighted by atomic mass is 9.97. The van der Waals surface area contributed by atoms with E-state index in [-0.39, 0.29) is 11.5 Å². The van der Waals surface area contributed by atoms with Gasteiger partial charge in [-0.2, -0.15) is 9.78 Å². The van der Waals surface area contributed by atoms with Crippen LogP contribution in [0, 0.1) is 0 Å². The van der Waals surface area contributed by atoms with Crippen molar-refractivity contribution in [2.24, 2.45) is 0 Å². The van der Waals surface area contributed by atoms with E-state index in [2.05, 4.69) is 20.4 Å². The zero-order chi connectivity index (χ0) is 21.4. The number of nitrogens with one attached hydrogen (secondary N) is 2. The molecule has 8 heteroatoms. The molecule has 1 fully saturated rings. The van der Waals surface area contributed by atoms with Gasteiger partial charge in [0.05, 0.1) is 11.4 Å². The number of carbonyl (C=O) groups is 1. The smallest absolute Gasteiger partial charge is 0.266 e. The molecule has 0 radical (unpaired) electrons. The fourth-order valence-corrected chi connectivity index (χ4v) is 3.90. The Balaban J connectivity index is 1.43. The summed E-state index contributed by atoms with van der Waals surface area (Å²) in [5, 5.41) is 7.56. The van der Waals surface area contributed by atoms with Crippen molar-refractivity contribution >= 4 is 11.7 Å². The summed E-state index contributed by atoms with van der Waals surface area (Å²) in [6, 6.07) is 11.1. The number of fused-ring (bicyclic) bond motifs is 1. The number of aryl methyl sites for hydroxylation is 1. The molecule has 0 spiro atoms. The minimum atomic E-state index is -0.703. The minimum absolute atomic E-state index is 0.124. The number of H-pyrrole nitrogens is 1. The average Bonchev–Trinajstić information content (AvgIpc) is 3.55. The zero-order valence-corrected chi connectivity index (χ0v) is 17.4. The summed E-state index contributed by atoms with van der Waals surface area (Å²) in [5.74, 6) is 1.53. The lowest BCUT2D eigenvalue weighted by Crippen LogP contribution is -2.31. The number of ether oxygens (including phenoxy) is 1. The number of aromatic nitrogens is 4. The molecular weight excluding hydrogens is 394 g/mol. The highest BCUT2D eigenvalue weighted by atomic mass is 16.5. The van der Waals surface area contributed by atoms with Gasteiger partial charge in [-0.1, -0.05) is 18.2 Å². The Hall–Kier alpha value is -3.42. The van der Waals surface area contributed by atoms with Gasteiger partial charge in [0, 0.05) is 17.5 Å². The first-order chi connectivity index (χ1) is 15.1. The highest BCUT2D eigenvalue weighted by Gasteiger charge is 2.29. The predicted octanol–water partition coefficient (Wildman–Crippen LogP) is 3.12. The van der Waals surface area contributed by atoms with Gasteiger partial charge in [-0.3, -0.25) is 14.6 Å². The molecule has 8 nitrogen and oxygen atoms in total. The van der Waals surface area contributed by atoms with Crippen LogP contribution in [0.15, 0.2) is 41.2 Å². The highest BCUT2D eigenvalue weighted by Crippen LogP contribution is 2.40. The van der Waals surface area contributed by atoms with Crippen molar-refractivity contribution < 1.29 is 9.53 Å². The normalized spacial score (nSPS) is 16.4. The summed E-state index contributed by atoms with van der Waals surface area (Å²) in [7, 11) is 0. The monoisotopic (exact) mass is 419 g/mol. The van der Waals surface area contributed by atoms with Crippen LogP contribution >= 0.6 is 0 Å². The maximum Gasteiger partial charge on any atom is 0.266 e. The fourth-order valence-electron chi connectivity index (χ4n) is 3.90. The molecule has 2 aliphatic rings. The lowest BCUT2D eigenvalue weighted by Gasteiger charge is -2.17. The Kier molecular flexibility index (Phi) is 5.05. The van der Waals surface area contributed by atoms with Crippen LogP contribution in [0.25, 0.3) is 5.95 Å². The molecule has 2 heterocycles. The second kappa shape index (κ2) is 8.02. The van der Waals surface area contributed by atoms with Gasteiger partial charge < -0.3 is 10.1 Å². The van der Waals surface area contributed by atoms with Gasteiger partial charge in [0.15, 0.2) is 6.10 Å². The molecule has 0 aliphatic heterocycles. The van der Waals surface area contributed by atoms with E-state index < -0.39 is 6.10 Å². The van der Waals surface area contributed by atoms with Gasteiger partial charge >= 0.3 is 0 Å². The van der Waals surface area contributed by atoms with E-state index in [4.69, 9.17) is 4.74 Å². The topological polar surface area (TPSA) is 102 Å². The Morgan fingerprint density at radius 3 is 2.77 bits per heavy atom. The molecular formula is C23H25N5O3. The largest absolute Gasteiger partial charge is 0.481 e. The third-order valence-corrected chi connectivity index (χ3v) is 5.78. The van der Waals surface area contributed by atoms with Crippen molar-refractivity contribution in [3.63, 3.8) is 0 Å². The van der Waals surface area contributed by atoms with Crippen LogP contribution in [-0.2, 0) is 17.6 Å². The van der Waals surface area contributed by atoms with Crippen LogP contribution in [0.4, 0.5) is 5.82 Å².